The molecule has 0 radical (unpaired) electrons. The van der Waals surface area contributed by atoms with Crippen molar-refractivity contribution < 1.29 is 26.9 Å². The van der Waals surface area contributed by atoms with Gasteiger partial charge >= 0.3 is 0 Å². The van der Waals surface area contributed by atoms with Crippen LogP contribution >= 0.6 is 0 Å². The molecule has 0 atom stereocenters. The standard InChI is InChI=1S/C22H30O6S/c1-27-22-19(20(23)17-13-10-11-14-18(17)21(22)24)15-9-7-5-3-4-6-8-12-16-28-29(2,25)26/h10-11,13-14H,3-9,12,15-16H2,1-2H3. The molecule has 0 aliphatic heterocycles. The van der Waals surface area contributed by atoms with Crippen LogP contribution in [0.3, 0.4) is 0 Å². The smallest absolute Gasteiger partial charge is 0.264 e. The number of hydrogen-bond donors (Lipinski definition) is 0. The maximum absolute atomic E-state index is 12.7. The van der Waals surface area contributed by atoms with E-state index in [0.29, 0.717) is 23.1 Å². The summed E-state index contributed by atoms with van der Waals surface area (Å²) in [5.74, 6) is -0.129. The number of carbonyl (C=O) groups excluding carboxylic acids is 2. The van der Waals surface area contributed by atoms with Gasteiger partial charge in [-0.1, -0.05) is 62.8 Å². The van der Waals surface area contributed by atoms with Crippen LogP contribution in [0.5, 0.6) is 0 Å². The molecule has 1 aromatic rings. The third-order valence-electron chi connectivity index (χ3n) is 4.99. The number of carbonyl (C=O) groups is 2. The Hall–Kier alpha value is -1.99. The molecule has 0 amide bonds. The molecule has 0 saturated carbocycles. The zero-order chi connectivity index (χ0) is 21.3. The maximum atomic E-state index is 12.7. The SMILES string of the molecule is COC1=C(CCCCCCCCCCOS(C)(=O)=O)C(=O)c2ccccc2C1=O. The van der Waals surface area contributed by atoms with Gasteiger partial charge < -0.3 is 4.74 Å². The number of fused-ring (bicyclic) bond motifs is 1. The van der Waals surface area contributed by atoms with Gasteiger partial charge in [0.25, 0.3) is 10.1 Å². The van der Waals surface area contributed by atoms with Crippen LogP contribution in [0.25, 0.3) is 0 Å². The lowest BCUT2D eigenvalue weighted by molar-refractivity contribution is 0.0902. The molecule has 2 rings (SSSR count). The molecule has 0 unspecified atom stereocenters. The van der Waals surface area contributed by atoms with Crippen molar-refractivity contribution in [2.24, 2.45) is 0 Å². The van der Waals surface area contributed by atoms with Crippen molar-refractivity contribution in [2.75, 3.05) is 20.0 Å². The molecule has 0 spiro atoms. The summed E-state index contributed by atoms with van der Waals surface area (Å²) in [5, 5.41) is 0. The first-order valence-electron chi connectivity index (χ1n) is 10.1. The lowest BCUT2D eigenvalue weighted by atomic mass is 9.86. The first kappa shape index (κ1) is 23.3. The summed E-state index contributed by atoms with van der Waals surface area (Å²) in [4.78, 5) is 25.3. The number of rotatable bonds is 13. The minimum absolute atomic E-state index is 0.103. The fourth-order valence-corrected chi connectivity index (χ4v) is 3.94. The molecule has 0 N–H and O–H groups in total. The molecule has 0 aromatic heterocycles. The highest BCUT2D eigenvalue weighted by Crippen LogP contribution is 2.29. The second-order valence-electron chi connectivity index (χ2n) is 7.32. The van der Waals surface area contributed by atoms with Crippen molar-refractivity contribution in [2.45, 2.75) is 57.8 Å². The van der Waals surface area contributed by atoms with Crippen molar-refractivity contribution in [3.05, 3.63) is 46.7 Å². The Labute approximate surface area is 173 Å². The van der Waals surface area contributed by atoms with Crippen LogP contribution in [-0.4, -0.2) is 40.0 Å². The number of unbranched alkanes of at least 4 members (excludes halogenated alkanes) is 7. The molecule has 29 heavy (non-hydrogen) atoms. The average molecular weight is 423 g/mol. The quantitative estimate of drug-likeness (QED) is 0.345. The second-order valence-corrected chi connectivity index (χ2v) is 8.96. The Morgan fingerprint density at radius 1 is 0.793 bits per heavy atom. The summed E-state index contributed by atoms with van der Waals surface area (Å²) >= 11 is 0. The maximum Gasteiger partial charge on any atom is 0.264 e. The van der Waals surface area contributed by atoms with Crippen LogP contribution in [0.15, 0.2) is 35.6 Å². The minimum atomic E-state index is -3.33. The molecule has 1 aromatic carbocycles. The van der Waals surface area contributed by atoms with Crippen LogP contribution in [0, 0.1) is 0 Å². The van der Waals surface area contributed by atoms with Crippen molar-refractivity contribution in [1.29, 1.82) is 0 Å². The Morgan fingerprint density at radius 2 is 1.31 bits per heavy atom. The van der Waals surface area contributed by atoms with Gasteiger partial charge in [-0.3, -0.25) is 13.8 Å². The number of Topliss-reactive ketones (excluding diaryl/α,β-unsaturated/α-hetero) is 2. The summed E-state index contributed by atoms with van der Waals surface area (Å²) in [6.45, 7) is 0.256. The zero-order valence-corrected chi connectivity index (χ0v) is 18.1. The predicted octanol–water partition coefficient (Wildman–Crippen LogP) is 4.45. The van der Waals surface area contributed by atoms with E-state index in [1.165, 1.54) is 7.11 Å². The Balaban J connectivity index is 1.67. The Morgan fingerprint density at radius 3 is 1.86 bits per heavy atom. The lowest BCUT2D eigenvalue weighted by Gasteiger charge is -2.19. The van der Waals surface area contributed by atoms with E-state index in [4.69, 9.17) is 8.92 Å². The minimum Gasteiger partial charge on any atom is -0.492 e. The topological polar surface area (TPSA) is 86.7 Å². The molecule has 0 saturated heterocycles. The number of allylic oxidation sites excluding steroid dienone is 2. The molecule has 160 valence electrons. The van der Waals surface area contributed by atoms with E-state index in [1.54, 1.807) is 24.3 Å². The number of ketones is 2. The van der Waals surface area contributed by atoms with Crippen molar-refractivity contribution >= 4 is 21.7 Å². The molecule has 0 bridgehead atoms. The van der Waals surface area contributed by atoms with E-state index < -0.39 is 10.1 Å². The highest BCUT2D eigenvalue weighted by atomic mass is 32.2. The lowest BCUT2D eigenvalue weighted by Crippen LogP contribution is -2.23. The highest BCUT2D eigenvalue weighted by molar-refractivity contribution is 7.85. The van der Waals surface area contributed by atoms with Gasteiger partial charge in [-0.2, -0.15) is 8.42 Å². The summed E-state index contributed by atoms with van der Waals surface area (Å²) in [7, 11) is -1.89. The van der Waals surface area contributed by atoms with Crippen molar-refractivity contribution in [3.63, 3.8) is 0 Å². The van der Waals surface area contributed by atoms with Crippen LogP contribution in [0.1, 0.15) is 78.5 Å². The van der Waals surface area contributed by atoms with Gasteiger partial charge in [0.2, 0.25) is 5.78 Å². The largest absolute Gasteiger partial charge is 0.492 e. The highest BCUT2D eigenvalue weighted by Gasteiger charge is 2.32. The third-order valence-corrected chi connectivity index (χ3v) is 5.59. The summed E-state index contributed by atoms with van der Waals surface area (Å²) < 4.78 is 31.7. The van der Waals surface area contributed by atoms with Gasteiger partial charge in [-0.15, -0.1) is 0 Å². The van der Waals surface area contributed by atoms with Crippen molar-refractivity contribution in [3.8, 4) is 0 Å². The summed E-state index contributed by atoms with van der Waals surface area (Å²) in [6, 6.07) is 6.88. The normalized spacial score (nSPS) is 14.3. The zero-order valence-electron chi connectivity index (χ0n) is 17.2. The monoisotopic (exact) mass is 422 g/mol. The second kappa shape index (κ2) is 11.3. The first-order valence-corrected chi connectivity index (χ1v) is 12.0. The van der Waals surface area contributed by atoms with Crippen LogP contribution in [0.4, 0.5) is 0 Å². The van der Waals surface area contributed by atoms with Gasteiger partial charge in [0, 0.05) is 16.7 Å². The van der Waals surface area contributed by atoms with Gasteiger partial charge in [0.1, 0.15) is 0 Å². The number of methoxy groups -OCH3 is 1. The van der Waals surface area contributed by atoms with E-state index >= 15 is 0 Å². The molecule has 6 nitrogen and oxygen atoms in total. The predicted molar refractivity (Wildman–Crippen MR) is 111 cm³/mol. The van der Waals surface area contributed by atoms with E-state index in [9.17, 15) is 18.0 Å². The molecule has 1 aliphatic carbocycles. The molecule has 0 heterocycles. The number of ether oxygens (including phenoxy) is 1. The van der Waals surface area contributed by atoms with Gasteiger partial charge in [0.15, 0.2) is 11.5 Å². The molecule has 0 fully saturated rings. The van der Waals surface area contributed by atoms with E-state index in [2.05, 4.69) is 0 Å². The van der Waals surface area contributed by atoms with Crippen LogP contribution in [-0.2, 0) is 19.0 Å². The molecule has 7 heteroatoms. The Bertz CT molecular complexity index is 854. The summed E-state index contributed by atoms with van der Waals surface area (Å²) in [6.07, 6.45) is 9.44. The average Bonchev–Trinajstić information content (AvgIpc) is 2.69. The van der Waals surface area contributed by atoms with Crippen LogP contribution < -0.4 is 0 Å². The van der Waals surface area contributed by atoms with E-state index in [0.717, 1.165) is 57.6 Å². The fourth-order valence-electron chi connectivity index (χ4n) is 3.52. The number of hydrogen-bond acceptors (Lipinski definition) is 6. The first-order chi connectivity index (χ1) is 13.8. The fraction of sp³-hybridized carbons (Fsp3) is 0.545. The molecular formula is C22H30O6S. The van der Waals surface area contributed by atoms with Crippen molar-refractivity contribution in [1.82, 2.24) is 0 Å². The molecular weight excluding hydrogens is 392 g/mol. The summed E-state index contributed by atoms with van der Waals surface area (Å²) in [5.41, 5.74) is 1.37. The van der Waals surface area contributed by atoms with Gasteiger partial charge in [-0.05, 0) is 19.3 Å². The van der Waals surface area contributed by atoms with E-state index in [1.807, 2.05) is 0 Å². The van der Waals surface area contributed by atoms with E-state index in [-0.39, 0.29) is 23.9 Å². The van der Waals surface area contributed by atoms with Gasteiger partial charge in [-0.25, -0.2) is 0 Å². The third kappa shape index (κ3) is 7.08. The molecule has 1 aliphatic rings. The van der Waals surface area contributed by atoms with Crippen LogP contribution in [0.2, 0.25) is 0 Å². The van der Waals surface area contributed by atoms with Gasteiger partial charge in [0.05, 0.1) is 20.0 Å². The Kier molecular flexibility index (Phi) is 9.04. The number of benzene rings is 1.